The molecule has 4 aromatic rings. The van der Waals surface area contributed by atoms with E-state index in [9.17, 15) is 9.59 Å². The molecule has 5 nitrogen and oxygen atoms in total. The number of carbonyl (C=O) groups is 2. The van der Waals surface area contributed by atoms with Gasteiger partial charge in [0.1, 0.15) is 5.82 Å². The van der Waals surface area contributed by atoms with E-state index < -0.39 is 0 Å². The molecule has 0 aliphatic heterocycles. The van der Waals surface area contributed by atoms with Crippen LogP contribution in [0, 0.1) is 6.92 Å². The number of aryl methyl sites for hydroxylation is 1. The zero-order chi connectivity index (χ0) is 20.4. The van der Waals surface area contributed by atoms with Gasteiger partial charge in [-0.25, -0.2) is 9.97 Å². The third-order valence-electron chi connectivity index (χ3n) is 4.71. The van der Waals surface area contributed by atoms with Crippen molar-refractivity contribution in [1.82, 2.24) is 14.9 Å². The van der Waals surface area contributed by atoms with Gasteiger partial charge in [0.25, 0.3) is 5.91 Å². The fourth-order valence-electron chi connectivity index (χ4n) is 3.26. The van der Waals surface area contributed by atoms with Gasteiger partial charge in [-0.2, -0.15) is 0 Å². The van der Waals surface area contributed by atoms with Crippen LogP contribution in [0.1, 0.15) is 37.1 Å². The number of benzene rings is 2. The molecule has 0 aliphatic rings. The van der Waals surface area contributed by atoms with E-state index in [4.69, 9.17) is 0 Å². The van der Waals surface area contributed by atoms with Crippen molar-refractivity contribution < 1.29 is 9.59 Å². The highest BCUT2D eigenvalue weighted by atomic mass is 32.1. The lowest BCUT2D eigenvalue weighted by molar-refractivity contribution is 0.0777. The number of thiophene rings is 1. The van der Waals surface area contributed by atoms with Crippen molar-refractivity contribution >= 4 is 33.9 Å². The average molecular weight is 401 g/mol. The molecule has 0 bridgehead atoms. The van der Waals surface area contributed by atoms with Crippen molar-refractivity contribution in [2.24, 2.45) is 0 Å². The SMILES string of the molecule is Cc1nc(CN(C)C(=O)c2ccccc2C(=O)c2cccs2)nc2ccccc12. The van der Waals surface area contributed by atoms with Crippen molar-refractivity contribution in [2.75, 3.05) is 7.05 Å². The number of fused-ring (bicyclic) bond motifs is 1. The van der Waals surface area contributed by atoms with Gasteiger partial charge in [0.05, 0.1) is 22.5 Å². The zero-order valence-corrected chi connectivity index (χ0v) is 16.9. The molecule has 2 aromatic carbocycles. The smallest absolute Gasteiger partial charge is 0.254 e. The Balaban J connectivity index is 1.62. The molecule has 0 saturated carbocycles. The highest BCUT2D eigenvalue weighted by Crippen LogP contribution is 2.20. The van der Waals surface area contributed by atoms with Gasteiger partial charge in [-0.15, -0.1) is 11.3 Å². The molecule has 6 heteroatoms. The van der Waals surface area contributed by atoms with Crippen LogP contribution in [-0.4, -0.2) is 33.6 Å². The van der Waals surface area contributed by atoms with Crippen LogP contribution in [0.25, 0.3) is 10.9 Å². The van der Waals surface area contributed by atoms with Crippen LogP contribution >= 0.6 is 11.3 Å². The Morgan fingerprint density at radius 3 is 2.41 bits per heavy atom. The summed E-state index contributed by atoms with van der Waals surface area (Å²) in [7, 11) is 1.70. The Morgan fingerprint density at radius 2 is 1.66 bits per heavy atom. The molecule has 0 unspecified atom stereocenters. The molecule has 144 valence electrons. The van der Waals surface area contributed by atoms with Gasteiger partial charge in [-0.1, -0.05) is 42.5 Å². The average Bonchev–Trinajstić information content (AvgIpc) is 3.27. The Labute approximate surface area is 172 Å². The minimum Gasteiger partial charge on any atom is -0.334 e. The predicted molar refractivity (Wildman–Crippen MR) is 114 cm³/mol. The summed E-state index contributed by atoms with van der Waals surface area (Å²) in [5.74, 6) is 0.189. The maximum absolute atomic E-state index is 13.1. The first-order valence-electron chi connectivity index (χ1n) is 9.19. The first-order chi connectivity index (χ1) is 14.0. The fraction of sp³-hybridized carbons (Fsp3) is 0.130. The second-order valence-corrected chi connectivity index (χ2v) is 7.70. The number of para-hydroxylation sites is 1. The van der Waals surface area contributed by atoms with Crippen LogP contribution in [0.4, 0.5) is 0 Å². The van der Waals surface area contributed by atoms with Gasteiger partial charge in [-0.05, 0) is 30.5 Å². The number of ketones is 1. The van der Waals surface area contributed by atoms with Crippen LogP contribution in [0.5, 0.6) is 0 Å². The predicted octanol–water partition coefficient (Wildman–Crippen LogP) is 4.50. The van der Waals surface area contributed by atoms with E-state index in [0.717, 1.165) is 16.6 Å². The quantitative estimate of drug-likeness (QED) is 0.462. The summed E-state index contributed by atoms with van der Waals surface area (Å²) in [6.45, 7) is 2.19. The van der Waals surface area contributed by atoms with Crippen LogP contribution in [-0.2, 0) is 6.54 Å². The molecule has 4 rings (SSSR count). The number of hydrogen-bond donors (Lipinski definition) is 0. The number of amides is 1. The van der Waals surface area contributed by atoms with Crippen LogP contribution in [0.2, 0.25) is 0 Å². The molecule has 2 heterocycles. The molecule has 0 atom stereocenters. The highest BCUT2D eigenvalue weighted by Gasteiger charge is 2.22. The number of hydrogen-bond acceptors (Lipinski definition) is 5. The number of rotatable bonds is 5. The monoisotopic (exact) mass is 401 g/mol. The number of carbonyl (C=O) groups excluding carboxylic acids is 2. The Morgan fingerprint density at radius 1 is 0.931 bits per heavy atom. The molecule has 29 heavy (non-hydrogen) atoms. The summed E-state index contributed by atoms with van der Waals surface area (Å²) in [6, 6.07) is 18.3. The molecule has 0 saturated heterocycles. The normalized spacial score (nSPS) is 10.8. The van der Waals surface area contributed by atoms with Gasteiger partial charge in [-0.3, -0.25) is 9.59 Å². The van der Waals surface area contributed by atoms with Crippen molar-refractivity contribution in [3.8, 4) is 0 Å². The maximum atomic E-state index is 13.1. The second kappa shape index (κ2) is 7.93. The van der Waals surface area contributed by atoms with Crippen LogP contribution in [0.15, 0.2) is 66.0 Å². The first-order valence-corrected chi connectivity index (χ1v) is 10.1. The molecule has 1 amide bonds. The van der Waals surface area contributed by atoms with E-state index in [1.807, 2.05) is 42.6 Å². The lowest BCUT2D eigenvalue weighted by Crippen LogP contribution is -2.28. The first kappa shape index (κ1) is 19.0. The van der Waals surface area contributed by atoms with E-state index in [2.05, 4.69) is 9.97 Å². The summed E-state index contributed by atoms with van der Waals surface area (Å²) in [4.78, 5) is 37.2. The van der Waals surface area contributed by atoms with Gasteiger partial charge in [0.15, 0.2) is 0 Å². The summed E-state index contributed by atoms with van der Waals surface area (Å²) in [6.07, 6.45) is 0. The number of aromatic nitrogens is 2. The Bertz CT molecular complexity index is 1200. The van der Waals surface area contributed by atoms with E-state index >= 15 is 0 Å². The largest absolute Gasteiger partial charge is 0.334 e. The number of nitrogens with zero attached hydrogens (tertiary/aromatic N) is 3. The summed E-state index contributed by atoms with van der Waals surface area (Å²) in [5, 5.41) is 2.85. The molecule has 0 N–H and O–H groups in total. The van der Waals surface area contributed by atoms with Crippen LogP contribution < -0.4 is 0 Å². The minimum absolute atomic E-state index is 0.143. The second-order valence-electron chi connectivity index (χ2n) is 6.76. The molecule has 0 spiro atoms. The van der Waals surface area contributed by atoms with Gasteiger partial charge >= 0.3 is 0 Å². The van der Waals surface area contributed by atoms with Gasteiger partial charge in [0, 0.05) is 23.7 Å². The standard InChI is InChI=1S/C23H19N3O2S/c1-15-16-8-5-6-11-19(16)25-21(24-15)14-26(2)23(28)18-10-4-3-9-17(18)22(27)20-12-7-13-29-20/h3-13H,14H2,1-2H3. The molecule has 2 aromatic heterocycles. The fourth-order valence-corrected chi connectivity index (χ4v) is 3.94. The molecule has 0 radical (unpaired) electrons. The Kier molecular flexibility index (Phi) is 5.18. The minimum atomic E-state index is -0.236. The van der Waals surface area contributed by atoms with E-state index in [-0.39, 0.29) is 18.2 Å². The zero-order valence-electron chi connectivity index (χ0n) is 16.1. The Hall–Kier alpha value is -3.38. The lowest BCUT2D eigenvalue weighted by Gasteiger charge is -2.18. The van der Waals surface area contributed by atoms with Gasteiger partial charge in [0.2, 0.25) is 5.78 Å². The topological polar surface area (TPSA) is 63.2 Å². The molecular weight excluding hydrogens is 382 g/mol. The summed E-state index contributed by atoms with van der Waals surface area (Å²) >= 11 is 1.37. The highest BCUT2D eigenvalue weighted by molar-refractivity contribution is 7.12. The van der Waals surface area contributed by atoms with E-state index in [1.165, 1.54) is 11.3 Å². The van der Waals surface area contributed by atoms with Crippen molar-refractivity contribution in [2.45, 2.75) is 13.5 Å². The van der Waals surface area contributed by atoms with E-state index in [0.29, 0.717) is 21.8 Å². The summed E-state index contributed by atoms with van der Waals surface area (Å²) < 4.78 is 0. The van der Waals surface area contributed by atoms with Gasteiger partial charge < -0.3 is 4.90 Å². The van der Waals surface area contributed by atoms with Crippen LogP contribution in [0.3, 0.4) is 0 Å². The lowest BCUT2D eigenvalue weighted by atomic mass is 10.0. The third kappa shape index (κ3) is 3.79. The van der Waals surface area contributed by atoms with Crippen molar-refractivity contribution in [3.05, 3.63) is 93.6 Å². The van der Waals surface area contributed by atoms with E-state index in [1.54, 1.807) is 42.3 Å². The maximum Gasteiger partial charge on any atom is 0.254 e. The summed E-state index contributed by atoms with van der Waals surface area (Å²) in [5.41, 5.74) is 2.51. The van der Waals surface area contributed by atoms with Crippen molar-refractivity contribution in [3.63, 3.8) is 0 Å². The molecular formula is C23H19N3O2S. The molecule has 0 fully saturated rings. The van der Waals surface area contributed by atoms with Crippen molar-refractivity contribution in [1.29, 1.82) is 0 Å². The molecule has 0 aliphatic carbocycles. The third-order valence-corrected chi connectivity index (χ3v) is 5.58.